The minimum atomic E-state index is -0.468. The van der Waals surface area contributed by atoms with E-state index in [0.717, 1.165) is 44.1 Å². The second-order valence-corrected chi connectivity index (χ2v) is 7.07. The van der Waals surface area contributed by atoms with Crippen LogP contribution in [0.3, 0.4) is 0 Å². The molecule has 1 fully saturated rings. The summed E-state index contributed by atoms with van der Waals surface area (Å²) in [7, 11) is 0. The molecule has 2 aromatic heterocycles. The smallest absolute Gasteiger partial charge is 0.225 e. The van der Waals surface area contributed by atoms with E-state index in [2.05, 4.69) is 20.4 Å². The Kier molecular flexibility index (Phi) is 5.28. The van der Waals surface area contributed by atoms with Crippen molar-refractivity contribution in [2.75, 3.05) is 31.2 Å². The Morgan fingerprint density at radius 3 is 2.85 bits per heavy atom. The lowest BCUT2D eigenvalue weighted by atomic mass is 10.0. The zero-order valence-electron chi connectivity index (χ0n) is 15.1. The second-order valence-electron chi connectivity index (χ2n) is 7.07. The average molecular weight is 374 g/mol. The average Bonchev–Trinajstić information content (AvgIpc) is 3.17. The molecule has 8 nitrogen and oxygen atoms in total. The predicted molar refractivity (Wildman–Crippen MR) is 95.5 cm³/mol. The number of nitrogens with one attached hydrogen (secondary N) is 1. The summed E-state index contributed by atoms with van der Waals surface area (Å²) < 4.78 is 20.4. The molecule has 1 atom stereocenters. The number of halogens is 1. The third-order valence-corrected chi connectivity index (χ3v) is 5.12. The van der Waals surface area contributed by atoms with Gasteiger partial charge in [-0.15, -0.1) is 0 Å². The molecular formula is C18H23FN6O2. The van der Waals surface area contributed by atoms with Gasteiger partial charge < -0.3 is 15.0 Å². The molecule has 9 heteroatoms. The molecule has 4 rings (SSSR count). The van der Waals surface area contributed by atoms with Crippen molar-refractivity contribution in [3.63, 3.8) is 0 Å². The van der Waals surface area contributed by atoms with Crippen LogP contribution in [0.1, 0.15) is 31.0 Å². The molecule has 2 aliphatic heterocycles. The van der Waals surface area contributed by atoms with Crippen molar-refractivity contribution in [3.8, 4) is 0 Å². The summed E-state index contributed by atoms with van der Waals surface area (Å²) in [5.41, 5.74) is 0.983. The van der Waals surface area contributed by atoms with Gasteiger partial charge in [0.15, 0.2) is 5.82 Å². The summed E-state index contributed by atoms with van der Waals surface area (Å²) in [5.74, 6) is 0.481. The minimum absolute atomic E-state index is 0.00909. The number of anilines is 1. The van der Waals surface area contributed by atoms with Crippen LogP contribution in [0.2, 0.25) is 0 Å². The number of hydrogen-bond acceptors (Lipinski definition) is 6. The van der Waals surface area contributed by atoms with Gasteiger partial charge in [-0.05, 0) is 24.8 Å². The Morgan fingerprint density at radius 1 is 1.30 bits per heavy atom. The van der Waals surface area contributed by atoms with E-state index in [9.17, 15) is 9.18 Å². The molecular weight excluding hydrogens is 351 g/mol. The molecule has 0 saturated carbocycles. The van der Waals surface area contributed by atoms with E-state index in [-0.39, 0.29) is 11.9 Å². The number of carbonyl (C=O) groups is 1. The second kappa shape index (κ2) is 7.99. The maximum absolute atomic E-state index is 13.1. The normalized spacial score (nSPS) is 20.3. The fourth-order valence-electron chi connectivity index (χ4n) is 3.65. The van der Waals surface area contributed by atoms with E-state index in [1.807, 2.05) is 15.6 Å². The van der Waals surface area contributed by atoms with Crippen molar-refractivity contribution in [2.24, 2.45) is 5.92 Å². The molecule has 0 bridgehead atoms. The quantitative estimate of drug-likeness (QED) is 0.849. The Morgan fingerprint density at radius 2 is 2.07 bits per heavy atom. The summed E-state index contributed by atoms with van der Waals surface area (Å²) in [5, 5.41) is 7.43. The number of ether oxygens (including phenoxy) is 1. The number of carbonyl (C=O) groups excluding carboxylic acids is 1. The van der Waals surface area contributed by atoms with Crippen LogP contribution in [0.25, 0.3) is 0 Å². The van der Waals surface area contributed by atoms with Crippen LogP contribution in [-0.4, -0.2) is 52.0 Å². The van der Waals surface area contributed by atoms with Crippen LogP contribution < -0.4 is 10.2 Å². The number of aromatic nitrogens is 4. The van der Waals surface area contributed by atoms with Gasteiger partial charge >= 0.3 is 0 Å². The minimum Gasteiger partial charge on any atom is -0.381 e. The van der Waals surface area contributed by atoms with E-state index >= 15 is 0 Å². The highest BCUT2D eigenvalue weighted by molar-refractivity contribution is 5.76. The Balaban J connectivity index is 1.40. The fraction of sp³-hybridized carbons (Fsp3) is 0.556. The monoisotopic (exact) mass is 374 g/mol. The zero-order chi connectivity index (χ0) is 18.6. The predicted octanol–water partition coefficient (Wildman–Crippen LogP) is 1.31. The van der Waals surface area contributed by atoms with Gasteiger partial charge in [-0.3, -0.25) is 9.48 Å². The molecule has 0 spiro atoms. The number of rotatable bonds is 5. The van der Waals surface area contributed by atoms with Crippen molar-refractivity contribution < 1.29 is 13.9 Å². The van der Waals surface area contributed by atoms with E-state index in [1.165, 1.54) is 0 Å². The largest absolute Gasteiger partial charge is 0.381 e. The molecule has 1 amide bonds. The third-order valence-electron chi connectivity index (χ3n) is 5.12. The van der Waals surface area contributed by atoms with Gasteiger partial charge in [-0.25, -0.2) is 14.4 Å². The first-order chi connectivity index (χ1) is 13.2. The number of amides is 1. The Bertz CT molecular complexity index is 774. The lowest BCUT2D eigenvalue weighted by molar-refractivity contribution is -0.122. The zero-order valence-corrected chi connectivity index (χ0v) is 15.1. The SMILES string of the molecule is O=C(CC1CN(c2ncc(F)cn2)Cc2ccnn21)NCC1CCOCC1. The summed E-state index contributed by atoms with van der Waals surface area (Å²) in [6.45, 7) is 3.35. The number of nitrogens with zero attached hydrogens (tertiary/aromatic N) is 5. The highest BCUT2D eigenvalue weighted by Crippen LogP contribution is 2.25. The maximum Gasteiger partial charge on any atom is 0.225 e. The first-order valence-electron chi connectivity index (χ1n) is 9.28. The number of fused-ring (bicyclic) bond motifs is 1. The number of hydrogen-bond donors (Lipinski definition) is 1. The van der Waals surface area contributed by atoms with Crippen molar-refractivity contribution in [1.29, 1.82) is 0 Å². The Hall–Kier alpha value is -2.55. The van der Waals surface area contributed by atoms with Gasteiger partial charge in [0, 0.05) is 32.5 Å². The van der Waals surface area contributed by atoms with Crippen LogP contribution >= 0.6 is 0 Å². The molecule has 4 heterocycles. The van der Waals surface area contributed by atoms with Gasteiger partial charge in [0.05, 0.1) is 37.1 Å². The highest BCUT2D eigenvalue weighted by atomic mass is 19.1. The Labute approximate surface area is 156 Å². The van der Waals surface area contributed by atoms with Crippen LogP contribution in [0, 0.1) is 11.7 Å². The van der Waals surface area contributed by atoms with Crippen molar-refractivity contribution in [3.05, 3.63) is 36.2 Å². The first-order valence-corrected chi connectivity index (χ1v) is 9.28. The van der Waals surface area contributed by atoms with Crippen molar-refractivity contribution >= 4 is 11.9 Å². The third kappa shape index (κ3) is 4.24. The summed E-state index contributed by atoms with van der Waals surface area (Å²) in [6, 6.07) is 1.80. The molecule has 27 heavy (non-hydrogen) atoms. The molecule has 0 aromatic carbocycles. The van der Waals surface area contributed by atoms with E-state index in [1.54, 1.807) is 6.20 Å². The first kappa shape index (κ1) is 17.8. The summed E-state index contributed by atoms with van der Waals surface area (Å²) in [4.78, 5) is 22.6. The van der Waals surface area contributed by atoms with Crippen molar-refractivity contribution in [2.45, 2.75) is 31.8 Å². The summed E-state index contributed by atoms with van der Waals surface area (Å²) >= 11 is 0. The topological polar surface area (TPSA) is 85.2 Å². The van der Waals surface area contributed by atoms with Gasteiger partial charge in [-0.2, -0.15) is 5.10 Å². The molecule has 1 saturated heterocycles. The van der Waals surface area contributed by atoms with Crippen LogP contribution in [-0.2, 0) is 16.1 Å². The molecule has 1 unspecified atom stereocenters. The maximum atomic E-state index is 13.1. The van der Waals surface area contributed by atoms with Crippen LogP contribution in [0.15, 0.2) is 24.7 Å². The molecule has 2 aliphatic rings. The van der Waals surface area contributed by atoms with Crippen molar-refractivity contribution in [1.82, 2.24) is 25.1 Å². The molecule has 2 aromatic rings. The van der Waals surface area contributed by atoms with Gasteiger partial charge in [0.2, 0.25) is 11.9 Å². The van der Waals surface area contributed by atoms with E-state index in [0.29, 0.717) is 37.9 Å². The molecule has 144 valence electrons. The fourth-order valence-corrected chi connectivity index (χ4v) is 3.65. The molecule has 1 N–H and O–H groups in total. The molecule has 0 radical (unpaired) electrons. The van der Waals surface area contributed by atoms with Gasteiger partial charge in [-0.1, -0.05) is 0 Å². The highest BCUT2D eigenvalue weighted by Gasteiger charge is 2.29. The lowest BCUT2D eigenvalue weighted by Gasteiger charge is -2.33. The van der Waals surface area contributed by atoms with Gasteiger partial charge in [0.1, 0.15) is 0 Å². The lowest BCUT2D eigenvalue weighted by Crippen LogP contribution is -2.41. The van der Waals surface area contributed by atoms with Crippen LogP contribution in [0.5, 0.6) is 0 Å². The molecule has 0 aliphatic carbocycles. The summed E-state index contributed by atoms with van der Waals surface area (Å²) in [6.07, 6.45) is 6.35. The van der Waals surface area contributed by atoms with Gasteiger partial charge in [0.25, 0.3) is 0 Å². The standard InChI is InChI=1S/C18H23FN6O2/c19-14-9-21-18(22-10-14)24-11-15-1-4-23-25(15)16(12-24)7-17(26)20-8-13-2-5-27-6-3-13/h1,4,9-10,13,16H,2-3,5-8,11-12H2,(H,20,26). The van der Waals surface area contributed by atoms with E-state index in [4.69, 9.17) is 4.74 Å². The van der Waals surface area contributed by atoms with Crippen LogP contribution in [0.4, 0.5) is 10.3 Å². The van der Waals surface area contributed by atoms with E-state index < -0.39 is 5.82 Å².